The Kier molecular flexibility index (Phi) is 3.88. The van der Waals surface area contributed by atoms with Crippen molar-refractivity contribution in [3.05, 3.63) is 24.0 Å². The third-order valence-electron chi connectivity index (χ3n) is 3.73. The summed E-state index contributed by atoms with van der Waals surface area (Å²) in [6.07, 6.45) is 3.85. The topological polar surface area (TPSA) is 45.6 Å². The van der Waals surface area contributed by atoms with E-state index in [0.29, 0.717) is 26.2 Å². The first kappa shape index (κ1) is 14.6. The first-order valence-electron chi connectivity index (χ1n) is 7.02. The maximum Gasteiger partial charge on any atom is 0.255 e. The van der Waals surface area contributed by atoms with Gasteiger partial charge in [-0.25, -0.2) is 0 Å². The number of hydrogen-bond donors (Lipinski definition) is 0. The lowest BCUT2D eigenvalue weighted by molar-refractivity contribution is -0.130. The average molecular weight is 277 g/mol. The van der Waals surface area contributed by atoms with Crippen LogP contribution in [0, 0.1) is 0 Å². The second-order valence-electron chi connectivity index (χ2n) is 6.28. The van der Waals surface area contributed by atoms with Gasteiger partial charge in [0.15, 0.2) is 0 Å². The maximum atomic E-state index is 12.4. The Labute approximate surface area is 120 Å². The highest BCUT2D eigenvalue weighted by Crippen LogP contribution is 2.17. The lowest BCUT2D eigenvalue weighted by Gasteiger charge is -2.34. The summed E-state index contributed by atoms with van der Waals surface area (Å²) in [5.74, 6) is 0.132. The van der Waals surface area contributed by atoms with E-state index in [9.17, 15) is 9.59 Å². The van der Waals surface area contributed by atoms with Crippen molar-refractivity contribution in [2.24, 2.45) is 0 Å². The zero-order valence-electron chi connectivity index (χ0n) is 12.7. The minimum atomic E-state index is -0.0220. The van der Waals surface area contributed by atoms with Crippen LogP contribution in [-0.2, 0) is 10.3 Å². The van der Waals surface area contributed by atoms with Gasteiger partial charge in [0.25, 0.3) is 5.91 Å². The fourth-order valence-corrected chi connectivity index (χ4v) is 2.35. The van der Waals surface area contributed by atoms with Crippen molar-refractivity contribution >= 4 is 11.8 Å². The molecule has 0 aliphatic carbocycles. The van der Waals surface area contributed by atoms with Crippen LogP contribution in [0.3, 0.4) is 0 Å². The van der Waals surface area contributed by atoms with E-state index < -0.39 is 0 Å². The number of piperazine rings is 1. The second-order valence-corrected chi connectivity index (χ2v) is 6.28. The van der Waals surface area contributed by atoms with E-state index in [0.717, 1.165) is 5.56 Å². The van der Waals surface area contributed by atoms with E-state index in [1.807, 2.05) is 27.9 Å². The third kappa shape index (κ3) is 3.03. The van der Waals surface area contributed by atoms with Crippen molar-refractivity contribution in [2.45, 2.75) is 33.2 Å². The normalized spacial score (nSPS) is 16.4. The summed E-state index contributed by atoms with van der Waals surface area (Å²) in [6.45, 7) is 10.4. The smallest absolute Gasteiger partial charge is 0.255 e. The van der Waals surface area contributed by atoms with Gasteiger partial charge in [-0.15, -0.1) is 0 Å². The molecule has 110 valence electrons. The maximum absolute atomic E-state index is 12.4. The Morgan fingerprint density at radius 3 is 2.05 bits per heavy atom. The molecule has 1 aliphatic heterocycles. The zero-order chi connectivity index (χ0) is 14.9. The highest BCUT2D eigenvalue weighted by molar-refractivity contribution is 5.94. The minimum absolute atomic E-state index is 0.0220. The SMILES string of the molecule is CC(=O)N1CCN(C(=O)c2ccn(C(C)(C)C)c2)CC1. The number of aromatic nitrogens is 1. The summed E-state index contributed by atoms with van der Waals surface area (Å²) in [6, 6.07) is 1.87. The molecule has 5 nitrogen and oxygen atoms in total. The number of nitrogens with zero attached hydrogens (tertiary/aromatic N) is 3. The van der Waals surface area contributed by atoms with E-state index >= 15 is 0 Å². The molecule has 2 rings (SSSR count). The first-order valence-corrected chi connectivity index (χ1v) is 7.02. The van der Waals surface area contributed by atoms with Crippen LogP contribution >= 0.6 is 0 Å². The van der Waals surface area contributed by atoms with Gasteiger partial charge in [0.2, 0.25) is 5.91 Å². The van der Waals surface area contributed by atoms with Gasteiger partial charge in [-0.2, -0.15) is 0 Å². The quantitative estimate of drug-likeness (QED) is 0.782. The summed E-state index contributed by atoms with van der Waals surface area (Å²) >= 11 is 0. The Balaban J connectivity index is 2.02. The molecule has 0 saturated carbocycles. The third-order valence-corrected chi connectivity index (χ3v) is 3.73. The average Bonchev–Trinajstić information content (AvgIpc) is 2.87. The zero-order valence-corrected chi connectivity index (χ0v) is 12.7. The summed E-state index contributed by atoms with van der Waals surface area (Å²) in [5, 5.41) is 0. The molecule has 5 heteroatoms. The van der Waals surface area contributed by atoms with Gasteiger partial charge in [0.1, 0.15) is 0 Å². The van der Waals surface area contributed by atoms with E-state index in [2.05, 4.69) is 20.8 Å². The fraction of sp³-hybridized carbons (Fsp3) is 0.600. The van der Waals surface area contributed by atoms with Gasteiger partial charge < -0.3 is 14.4 Å². The van der Waals surface area contributed by atoms with Crippen molar-refractivity contribution in [2.75, 3.05) is 26.2 Å². The van der Waals surface area contributed by atoms with Gasteiger partial charge in [0, 0.05) is 51.0 Å². The van der Waals surface area contributed by atoms with Gasteiger partial charge in [-0.3, -0.25) is 9.59 Å². The molecule has 0 bridgehead atoms. The van der Waals surface area contributed by atoms with Crippen LogP contribution in [0.15, 0.2) is 18.5 Å². The van der Waals surface area contributed by atoms with Crippen LogP contribution in [-0.4, -0.2) is 52.4 Å². The van der Waals surface area contributed by atoms with Crippen molar-refractivity contribution < 1.29 is 9.59 Å². The Morgan fingerprint density at radius 1 is 1.05 bits per heavy atom. The second kappa shape index (κ2) is 5.31. The summed E-state index contributed by atoms with van der Waals surface area (Å²) in [5.41, 5.74) is 0.697. The van der Waals surface area contributed by atoms with Crippen molar-refractivity contribution in [1.82, 2.24) is 14.4 Å². The van der Waals surface area contributed by atoms with E-state index in [1.165, 1.54) is 0 Å². The predicted molar refractivity (Wildman–Crippen MR) is 77.6 cm³/mol. The van der Waals surface area contributed by atoms with E-state index in [4.69, 9.17) is 0 Å². The van der Waals surface area contributed by atoms with Crippen molar-refractivity contribution in [3.8, 4) is 0 Å². The molecular formula is C15H23N3O2. The Morgan fingerprint density at radius 2 is 1.60 bits per heavy atom. The number of carbonyl (C=O) groups excluding carboxylic acids is 2. The van der Waals surface area contributed by atoms with Crippen molar-refractivity contribution in [3.63, 3.8) is 0 Å². The van der Waals surface area contributed by atoms with Crippen LogP contribution in [0.1, 0.15) is 38.1 Å². The molecule has 0 radical (unpaired) electrons. The molecule has 0 unspecified atom stereocenters. The van der Waals surface area contributed by atoms with Gasteiger partial charge in [-0.1, -0.05) is 0 Å². The molecule has 2 heterocycles. The van der Waals surface area contributed by atoms with Crippen LogP contribution in [0.4, 0.5) is 0 Å². The highest BCUT2D eigenvalue weighted by atomic mass is 16.2. The number of hydrogen-bond acceptors (Lipinski definition) is 2. The molecule has 1 aromatic rings. The fourth-order valence-electron chi connectivity index (χ4n) is 2.35. The molecule has 1 aromatic heterocycles. The molecular weight excluding hydrogens is 254 g/mol. The minimum Gasteiger partial charge on any atom is -0.348 e. The molecule has 20 heavy (non-hydrogen) atoms. The molecule has 1 aliphatic rings. The molecule has 1 saturated heterocycles. The molecule has 0 aromatic carbocycles. The number of carbonyl (C=O) groups is 2. The molecule has 2 amide bonds. The molecule has 0 spiro atoms. The lowest BCUT2D eigenvalue weighted by Crippen LogP contribution is -2.50. The van der Waals surface area contributed by atoms with E-state index in [1.54, 1.807) is 11.8 Å². The van der Waals surface area contributed by atoms with Crippen LogP contribution < -0.4 is 0 Å². The van der Waals surface area contributed by atoms with Gasteiger partial charge >= 0.3 is 0 Å². The molecule has 0 atom stereocenters. The first-order chi connectivity index (χ1) is 9.29. The predicted octanol–water partition coefficient (Wildman–Crippen LogP) is 1.55. The number of amides is 2. The Bertz CT molecular complexity index is 505. The monoisotopic (exact) mass is 277 g/mol. The summed E-state index contributed by atoms with van der Waals surface area (Å²) in [7, 11) is 0. The van der Waals surface area contributed by atoms with E-state index in [-0.39, 0.29) is 17.4 Å². The summed E-state index contributed by atoms with van der Waals surface area (Å²) < 4.78 is 2.05. The largest absolute Gasteiger partial charge is 0.348 e. The summed E-state index contributed by atoms with van der Waals surface area (Å²) in [4.78, 5) is 27.3. The lowest BCUT2D eigenvalue weighted by atomic mass is 10.1. The van der Waals surface area contributed by atoms with Crippen LogP contribution in [0.25, 0.3) is 0 Å². The van der Waals surface area contributed by atoms with Gasteiger partial charge in [0.05, 0.1) is 5.56 Å². The van der Waals surface area contributed by atoms with Crippen LogP contribution in [0.5, 0.6) is 0 Å². The number of rotatable bonds is 1. The molecule has 1 fully saturated rings. The highest BCUT2D eigenvalue weighted by Gasteiger charge is 2.24. The Hall–Kier alpha value is -1.78. The van der Waals surface area contributed by atoms with Crippen molar-refractivity contribution in [1.29, 1.82) is 0 Å². The van der Waals surface area contributed by atoms with Gasteiger partial charge in [-0.05, 0) is 26.8 Å². The van der Waals surface area contributed by atoms with Crippen LogP contribution in [0.2, 0.25) is 0 Å². The molecule has 0 N–H and O–H groups in total. The standard InChI is InChI=1S/C15H23N3O2/c1-12(19)16-7-9-17(10-8-16)14(20)13-5-6-18(11-13)15(2,3)4/h5-6,11H,7-10H2,1-4H3.